The average molecular weight is 347 g/mol. The summed E-state index contributed by atoms with van der Waals surface area (Å²) in [5.74, 6) is 0.251. The van der Waals surface area contributed by atoms with Crippen LogP contribution in [0.15, 0.2) is 18.2 Å². The van der Waals surface area contributed by atoms with Crippen LogP contribution in [0, 0.1) is 13.8 Å². The van der Waals surface area contributed by atoms with E-state index in [4.69, 9.17) is 4.74 Å². The Morgan fingerprint density at radius 1 is 1.28 bits per heavy atom. The molecule has 0 aliphatic carbocycles. The summed E-state index contributed by atoms with van der Waals surface area (Å²) in [4.78, 5) is 11.9. The number of carbonyl (C=O) groups is 1. The number of tetrazole rings is 1. The molecule has 1 heterocycles. The van der Waals surface area contributed by atoms with Crippen LogP contribution in [0.1, 0.15) is 50.8 Å². The van der Waals surface area contributed by atoms with Gasteiger partial charge in [0.1, 0.15) is 11.7 Å². The van der Waals surface area contributed by atoms with Crippen molar-refractivity contribution in [3.63, 3.8) is 0 Å². The topological polar surface area (TPSA) is 102 Å². The van der Waals surface area contributed by atoms with Crippen molar-refractivity contribution < 1.29 is 14.6 Å². The SMILES string of the molecule is Cc1cccc(C)c1-n1nnnc1C(O)[C@H](C)NC(=O)OC(C)(C)C. The molecule has 2 rings (SSSR count). The Morgan fingerprint density at radius 2 is 1.88 bits per heavy atom. The molecule has 0 saturated carbocycles. The van der Waals surface area contributed by atoms with E-state index in [1.165, 1.54) is 4.68 Å². The summed E-state index contributed by atoms with van der Waals surface area (Å²) in [6, 6.07) is 5.20. The first kappa shape index (κ1) is 18.9. The number of aryl methyl sites for hydroxylation is 2. The van der Waals surface area contributed by atoms with E-state index in [9.17, 15) is 9.90 Å². The highest BCUT2D eigenvalue weighted by Crippen LogP contribution is 2.22. The molecule has 0 aliphatic rings. The van der Waals surface area contributed by atoms with Crippen LogP contribution in [0.4, 0.5) is 4.79 Å². The fourth-order valence-electron chi connectivity index (χ4n) is 2.47. The lowest BCUT2D eigenvalue weighted by atomic mass is 10.1. The molecule has 136 valence electrons. The number of aliphatic hydroxyl groups excluding tert-OH is 1. The summed E-state index contributed by atoms with van der Waals surface area (Å²) in [6.45, 7) is 10.9. The van der Waals surface area contributed by atoms with Gasteiger partial charge in [0.2, 0.25) is 0 Å². The van der Waals surface area contributed by atoms with Crippen LogP contribution in [0.2, 0.25) is 0 Å². The molecule has 0 bridgehead atoms. The van der Waals surface area contributed by atoms with E-state index < -0.39 is 23.8 Å². The molecule has 2 aromatic rings. The van der Waals surface area contributed by atoms with Crippen LogP contribution in [-0.4, -0.2) is 43.0 Å². The van der Waals surface area contributed by atoms with Gasteiger partial charge in [-0.25, -0.2) is 4.79 Å². The number of nitrogens with zero attached hydrogens (tertiary/aromatic N) is 4. The van der Waals surface area contributed by atoms with Gasteiger partial charge in [0.15, 0.2) is 5.82 Å². The molecule has 0 fully saturated rings. The number of nitrogens with one attached hydrogen (secondary N) is 1. The lowest BCUT2D eigenvalue weighted by Crippen LogP contribution is -2.41. The summed E-state index contributed by atoms with van der Waals surface area (Å²) in [6.07, 6.45) is -1.70. The Labute approximate surface area is 147 Å². The third kappa shape index (κ3) is 4.54. The van der Waals surface area contributed by atoms with Gasteiger partial charge in [-0.15, -0.1) is 5.10 Å². The summed E-state index contributed by atoms with van der Waals surface area (Å²) in [5.41, 5.74) is 2.15. The lowest BCUT2D eigenvalue weighted by Gasteiger charge is -2.24. The molecule has 1 amide bonds. The van der Waals surface area contributed by atoms with Crippen molar-refractivity contribution in [1.82, 2.24) is 25.5 Å². The molecule has 2 atom stereocenters. The van der Waals surface area contributed by atoms with Crippen LogP contribution in [-0.2, 0) is 4.74 Å². The molecule has 0 spiro atoms. The van der Waals surface area contributed by atoms with Gasteiger partial charge < -0.3 is 15.2 Å². The number of carbonyl (C=O) groups excluding carboxylic acids is 1. The van der Waals surface area contributed by atoms with E-state index in [1.807, 2.05) is 32.0 Å². The van der Waals surface area contributed by atoms with Gasteiger partial charge in [-0.05, 0) is 63.1 Å². The Morgan fingerprint density at radius 3 is 2.44 bits per heavy atom. The van der Waals surface area contributed by atoms with E-state index in [0.29, 0.717) is 0 Å². The zero-order chi connectivity index (χ0) is 18.8. The predicted molar refractivity (Wildman–Crippen MR) is 92.4 cm³/mol. The summed E-state index contributed by atoms with van der Waals surface area (Å²) in [5, 5.41) is 24.8. The zero-order valence-corrected chi connectivity index (χ0v) is 15.4. The molecule has 1 aromatic carbocycles. The first-order valence-corrected chi connectivity index (χ1v) is 8.12. The van der Waals surface area contributed by atoms with Crippen LogP contribution >= 0.6 is 0 Å². The Kier molecular flexibility index (Phi) is 5.42. The summed E-state index contributed by atoms with van der Waals surface area (Å²) < 4.78 is 6.71. The van der Waals surface area contributed by atoms with E-state index >= 15 is 0 Å². The smallest absolute Gasteiger partial charge is 0.407 e. The number of aliphatic hydroxyl groups is 1. The number of benzene rings is 1. The van der Waals surface area contributed by atoms with Crippen molar-refractivity contribution in [2.75, 3.05) is 0 Å². The highest BCUT2D eigenvalue weighted by atomic mass is 16.6. The number of rotatable bonds is 4. The fraction of sp³-hybridized carbons (Fsp3) is 0.529. The monoisotopic (exact) mass is 347 g/mol. The number of alkyl carbamates (subject to hydrolysis) is 1. The molecule has 8 heteroatoms. The molecule has 0 radical (unpaired) electrons. The van der Waals surface area contributed by atoms with Crippen molar-refractivity contribution in [3.05, 3.63) is 35.2 Å². The lowest BCUT2D eigenvalue weighted by molar-refractivity contribution is 0.0426. The normalized spacial score (nSPS) is 14.0. The van der Waals surface area contributed by atoms with Gasteiger partial charge in [0, 0.05) is 0 Å². The number of para-hydroxylation sites is 1. The minimum Gasteiger partial charge on any atom is -0.444 e. The minimum atomic E-state index is -1.10. The minimum absolute atomic E-state index is 0.251. The number of aromatic nitrogens is 4. The molecule has 1 aromatic heterocycles. The largest absolute Gasteiger partial charge is 0.444 e. The summed E-state index contributed by atoms with van der Waals surface area (Å²) in [7, 11) is 0. The molecule has 0 saturated heterocycles. The van der Waals surface area contributed by atoms with Crippen LogP contribution in [0.25, 0.3) is 5.69 Å². The molecule has 2 N–H and O–H groups in total. The van der Waals surface area contributed by atoms with Crippen LogP contribution < -0.4 is 5.32 Å². The third-order valence-electron chi connectivity index (χ3n) is 3.63. The van der Waals surface area contributed by atoms with Crippen molar-refractivity contribution in [2.24, 2.45) is 0 Å². The average Bonchev–Trinajstić information content (AvgIpc) is 2.93. The standard InChI is InChI=1S/C17H25N5O3/c1-10-8-7-9-11(2)13(10)22-15(19-20-21-22)14(23)12(3)18-16(24)25-17(4,5)6/h7-9,12,14,23H,1-6H3,(H,18,24)/t12-,14?/m0/s1. The van der Waals surface area contributed by atoms with Gasteiger partial charge in [-0.3, -0.25) is 0 Å². The third-order valence-corrected chi connectivity index (χ3v) is 3.63. The number of amides is 1. The van der Waals surface area contributed by atoms with Gasteiger partial charge >= 0.3 is 6.09 Å². The highest BCUT2D eigenvalue weighted by molar-refractivity contribution is 5.68. The molecule has 0 aliphatic heterocycles. The summed E-state index contributed by atoms with van der Waals surface area (Å²) >= 11 is 0. The van der Waals surface area contributed by atoms with Crippen LogP contribution in [0.3, 0.4) is 0 Å². The first-order chi connectivity index (χ1) is 11.6. The molecule has 1 unspecified atom stereocenters. The predicted octanol–water partition coefficient (Wildman–Crippen LogP) is 2.23. The second-order valence-electron chi connectivity index (χ2n) is 7.07. The van der Waals surface area contributed by atoms with Gasteiger partial charge in [-0.2, -0.15) is 4.68 Å². The van der Waals surface area contributed by atoms with E-state index in [-0.39, 0.29) is 5.82 Å². The Bertz CT molecular complexity index is 731. The van der Waals surface area contributed by atoms with Crippen molar-refractivity contribution in [1.29, 1.82) is 0 Å². The van der Waals surface area contributed by atoms with Gasteiger partial charge in [0.25, 0.3) is 0 Å². The molecular weight excluding hydrogens is 322 g/mol. The maximum absolute atomic E-state index is 11.9. The van der Waals surface area contributed by atoms with E-state index in [2.05, 4.69) is 20.8 Å². The fourth-order valence-corrected chi connectivity index (χ4v) is 2.47. The second kappa shape index (κ2) is 7.18. The first-order valence-electron chi connectivity index (χ1n) is 8.12. The van der Waals surface area contributed by atoms with E-state index in [0.717, 1.165) is 16.8 Å². The zero-order valence-electron chi connectivity index (χ0n) is 15.4. The highest BCUT2D eigenvalue weighted by Gasteiger charge is 2.27. The maximum Gasteiger partial charge on any atom is 0.407 e. The second-order valence-corrected chi connectivity index (χ2v) is 7.07. The number of hydrogen-bond acceptors (Lipinski definition) is 6. The van der Waals surface area contributed by atoms with Crippen molar-refractivity contribution >= 4 is 6.09 Å². The molecular formula is C17H25N5O3. The Balaban J connectivity index is 2.23. The van der Waals surface area contributed by atoms with Crippen molar-refractivity contribution in [3.8, 4) is 5.69 Å². The van der Waals surface area contributed by atoms with Crippen LogP contribution in [0.5, 0.6) is 0 Å². The maximum atomic E-state index is 11.9. The molecule has 25 heavy (non-hydrogen) atoms. The number of ether oxygens (including phenoxy) is 1. The van der Waals surface area contributed by atoms with Gasteiger partial charge in [-0.1, -0.05) is 18.2 Å². The quantitative estimate of drug-likeness (QED) is 0.879. The molecule has 8 nitrogen and oxygen atoms in total. The number of hydrogen-bond donors (Lipinski definition) is 2. The van der Waals surface area contributed by atoms with E-state index in [1.54, 1.807) is 27.7 Å². The van der Waals surface area contributed by atoms with Crippen molar-refractivity contribution in [2.45, 2.75) is 59.3 Å². The van der Waals surface area contributed by atoms with Gasteiger partial charge in [0.05, 0.1) is 11.7 Å². The Hall–Kier alpha value is -2.48.